The molecule has 0 bridgehead atoms. The van der Waals surface area contributed by atoms with Crippen LogP contribution in [0.3, 0.4) is 0 Å². The van der Waals surface area contributed by atoms with Crippen LogP contribution in [0.5, 0.6) is 0 Å². The van der Waals surface area contributed by atoms with Crippen molar-refractivity contribution in [3.05, 3.63) is 101 Å². The first kappa shape index (κ1) is 20.1. The highest BCUT2D eigenvalue weighted by atomic mass is 16.3. The first-order chi connectivity index (χ1) is 15.6. The van der Waals surface area contributed by atoms with Gasteiger partial charge in [-0.15, -0.1) is 0 Å². The van der Waals surface area contributed by atoms with Crippen molar-refractivity contribution in [2.45, 2.75) is 38.3 Å². The average Bonchev–Trinajstić information content (AvgIpc) is 3.09. The number of nitrogens with zero attached hydrogens (tertiary/aromatic N) is 3. The number of aromatic nitrogens is 2. The predicted molar refractivity (Wildman–Crippen MR) is 119 cm³/mol. The normalized spacial score (nSPS) is 19.8. The van der Waals surface area contributed by atoms with Crippen molar-refractivity contribution in [2.24, 2.45) is 0 Å². The molecule has 1 aliphatic heterocycles. The lowest BCUT2D eigenvalue weighted by molar-refractivity contribution is -0.140. The Labute approximate surface area is 186 Å². The van der Waals surface area contributed by atoms with Crippen LogP contribution in [0.2, 0.25) is 0 Å². The number of aliphatic hydroxyl groups is 1. The number of benzene rings is 1. The van der Waals surface area contributed by atoms with Crippen LogP contribution in [0.1, 0.15) is 46.8 Å². The molecule has 6 nitrogen and oxygen atoms in total. The molecule has 1 saturated heterocycles. The van der Waals surface area contributed by atoms with E-state index in [9.17, 15) is 14.7 Å². The van der Waals surface area contributed by atoms with Gasteiger partial charge in [-0.3, -0.25) is 19.6 Å². The molecule has 5 rings (SSSR count). The molecule has 1 N–H and O–H groups in total. The van der Waals surface area contributed by atoms with Gasteiger partial charge < -0.3 is 10.0 Å². The summed E-state index contributed by atoms with van der Waals surface area (Å²) < 4.78 is 0. The number of aliphatic hydroxyl groups excluding tert-OH is 1. The summed E-state index contributed by atoms with van der Waals surface area (Å²) in [6.07, 6.45) is 9.20. The first-order valence-electron chi connectivity index (χ1n) is 10.8. The number of amides is 1. The highest BCUT2D eigenvalue weighted by molar-refractivity contribution is 6.46. The molecule has 1 aliphatic carbocycles. The molecular formula is C26H23N3O3. The fourth-order valence-corrected chi connectivity index (χ4v) is 4.61. The number of ketones is 1. The molecule has 1 unspecified atom stereocenters. The number of hydrogen-bond acceptors (Lipinski definition) is 5. The molecular weight excluding hydrogens is 402 g/mol. The molecule has 0 spiro atoms. The average molecular weight is 425 g/mol. The number of pyridine rings is 2. The van der Waals surface area contributed by atoms with E-state index in [1.54, 1.807) is 36.8 Å². The number of fused-ring (bicyclic) bond motifs is 1. The smallest absolute Gasteiger partial charge is 0.296 e. The van der Waals surface area contributed by atoms with E-state index in [4.69, 9.17) is 0 Å². The minimum absolute atomic E-state index is 0.0772. The van der Waals surface area contributed by atoms with E-state index >= 15 is 0 Å². The number of likely N-dealkylation sites (tertiary alicyclic amines) is 1. The molecule has 1 atom stereocenters. The lowest BCUT2D eigenvalue weighted by atomic mass is 9.89. The Morgan fingerprint density at radius 1 is 1.00 bits per heavy atom. The highest BCUT2D eigenvalue weighted by Gasteiger charge is 2.46. The van der Waals surface area contributed by atoms with Gasteiger partial charge in [0, 0.05) is 30.7 Å². The number of Topliss-reactive ketones (excluding diaryl/α,β-unsaturated/α-hetero) is 1. The van der Waals surface area contributed by atoms with Crippen molar-refractivity contribution < 1.29 is 14.7 Å². The van der Waals surface area contributed by atoms with E-state index in [0.29, 0.717) is 11.3 Å². The van der Waals surface area contributed by atoms with Gasteiger partial charge in [0.2, 0.25) is 0 Å². The Kier molecular flexibility index (Phi) is 5.27. The lowest BCUT2D eigenvalue weighted by Gasteiger charge is -2.24. The highest BCUT2D eigenvalue weighted by Crippen LogP contribution is 2.39. The molecule has 1 aromatic carbocycles. The van der Waals surface area contributed by atoms with Crippen molar-refractivity contribution in [2.75, 3.05) is 0 Å². The fraction of sp³-hybridized carbons (Fsp3) is 0.231. The standard InChI is InChI=1S/C26H23N3O3/c30-24(20-11-10-18-7-1-2-8-19(18)14-20)22-23(21-9-3-4-13-28-21)29(26(32)25(22)31)16-17-6-5-12-27-15-17/h3-6,9-15,23,30H,1-2,7-8,16H2/b24-22-. The Hall–Kier alpha value is -3.80. The van der Waals surface area contributed by atoms with Gasteiger partial charge in [0.25, 0.3) is 11.7 Å². The van der Waals surface area contributed by atoms with Crippen molar-refractivity contribution in [3.8, 4) is 0 Å². The lowest BCUT2D eigenvalue weighted by Crippen LogP contribution is -2.29. The number of hydrogen-bond donors (Lipinski definition) is 1. The van der Waals surface area contributed by atoms with Crippen LogP contribution in [-0.4, -0.2) is 31.7 Å². The van der Waals surface area contributed by atoms with Crippen LogP contribution in [0.25, 0.3) is 5.76 Å². The summed E-state index contributed by atoms with van der Waals surface area (Å²) in [5.41, 5.74) is 4.45. The summed E-state index contributed by atoms with van der Waals surface area (Å²) in [7, 11) is 0. The Morgan fingerprint density at radius 3 is 2.59 bits per heavy atom. The molecule has 1 fully saturated rings. The van der Waals surface area contributed by atoms with E-state index < -0.39 is 17.7 Å². The SMILES string of the molecule is O=C1C(=O)N(Cc2cccnc2)C(c2ccccn2)/C1=C(/O)c1ccc2c(c1)CCCC2. The van der Waals surface area contributed by atoms with Crippen LogP contribution >= 0.6 is 0 Å². The van der Waals surface area contributed by atoms with Crippen LogP contribution in [-0.2, 0) is 29.0 Å². The summed E-state index contributed by atoms with van der Waals surface area (Å²) in [5.74, 6) is -1.50. The van der Waals surface area contributed by atoms with Crippen molar-refractivity contribution in [3.63, 3.8) is 0 Å². The van der Waals surface area contributed by atoms with Gasteiger partial charge in [-0.1, -0.05) is 24.3 Å². The first-order valence-corrected chi connectivity index (χ1v) is 10.8. The van der Waals surface area contributed by atoms with Crippen molar-refractivity contribution in [1.82, 2.24) is 14.9 Å². The monoisotopic (exact) mass is 425 g/mol. The maximum atomic E-state index is 13.1. The predicted octanol–water partition coefficient (Wildman–Crippen LogP) is 3.98. The Bertz CT molecular complexity index is 1210. The van der Waals surface area contributed by atoms with Crippen molar-refractivity contribution >= 4 is 17.4 Å². The molecule has 6 heteroatoms. The minimum Gasteiger partial charge on any atom is -0.507 e. The molecule has 1 amide bonds. The second kappa shape index (κ2) is 8.38. The van der Waals surface area contributed by atoms with Gasteiger partial charge in [0.05, 0.1) is 11.3 Å². The van der Waals surface area contributed by atoms with E-state index in [2.05, 4.69) is 9.97 Å². The maximum absolute atomic E-state index is 13.1. The van der Waals surface area contributed by atoms with Crippen molar-refractivity contribution in [1.29, 1.82) is 0 Å². The molecule has 2 aliphatic rings. The maximum Gasteiger partial charge on any atom is 0.296 e. The van der Waals surface area contributed by atoms with Crippen LogP contribution in [0.15, 0.2) is 72.7 Å². The van der Waals surface area contributed by atoms with Gasteiger partial charge in [0.15, 0.2) is 0 Å². The van der Waals surface area contributed by atoms with E-state index in [1.807, 2.05) is 30.3 Å². The van der Waals surface area contributed by atoms with Crippen LogP contribution in [0, 0.1) is 0 Å². The summed E-state index contributed by atoms with van der Waals surface area (Å²) in [6.45, 7) is 0.195. The van der Waals surface area contributed by atoms with Crippen LogP contribution in [0.4, 0.5) is 0 Å². The summed E-state index contributed by atoms with van der Waals surface area (Å²) in [5, 5.41) is 11.3. The number of carbonyl (C=O) groups excluding carboxylic acids is 2. The van der Waals surface area contributed by atoms with Gasteiger partial charge in [-0.25, -0.2) is 0 Å². The fourth-order valence-electron chi connectivity index (χ4n) is 4.61. The third kappa shape index (κ3) is 3.58. The molecule has 32 heavy (non-hydrogen) atoms. The Balaban J connectivity index is 1.62. The molecule has 3 aromatic rings. The van der Waals surface area contributed by atoms with Gasteiger partial charge in [0.1, 0.15) is 11.8 Å². The third-order valence-electron chi connectivity index (χ3n) is 6.21. The summed E-state index contributed by atoms with van der Waals surface area (Å²) in [4.78, 5) is 36.2. The van der Waals surface area contributed by atoms with E-state index in [0.717, 1.165) is 31.2 Å². The zero-order chi connectivity index (χ0) is 22.1. The van der Waals surface area contributed by atoms with E-state index in [-0.39, 0.29) is 17.9 Å². The summed E-state index contributed by atoms with van der Waals surface area (Å²) >= 11 is 0. The quantitative estimate of drug-likeness (QED) is 0.388. The second-order valence-electron chi connectivity index (χ2n) is 8.23. The molecule has 3 heterocycles. The zero-order valence-corrected chi connectivity index (χ0v) is 17.6. The van der Waals surface area contributed by atoms with Gasteiger partial charge in [-0.2, -0.15) is 0 Å². The second-order valence-corrected chi connectivity index (χ2v) is 8.23. The van der Waals surface area contributed by atoms with Gasteiger partial charge >= 0.3 is 0 Å². The zero-order valence-electron chi connectivity index (χ0n) is 17.6. The molecule has 2 aromatic heterocycles. The summed E-state index contributed by atoms with van der Waals surface area (Å²) in [6, 6.07) is 14.0. The van der Waals surface area contributed by atoms with Crippen LogP contribution < -0.4 is 0 Å². The largest absolute Gasteiger partial charge is 0.507 e. The number of aryl methyl sites for hydroxylation is 2. The Morgan fingerprint density at radius 2 is 1.84 bits per heavy atom. The number of rotatable bonds is 4. The topological polar surface area (TPSA) is 83.4 Å². The molecule has 0 radical (unpaired) electrons. The van der Waals surface area contributed by atoms with Gasteiger partial charge in [-0.05, 0) is 66.6 Å². The minimum atomic E-state index is -0.771. The van der Waals surface area contributed by atoms with E-state index in [1.165, 1.54) is 16.0 Å². The molecule has 160 valence electrons. The third-order valence-corrected chi connectivity index (χ3v) is 6.21. The number of carbonyl (C=O) groups is 2. The molecule has 0 saturated carbocycles.